The van der Waals surface area contributed by atoms with E-state index >= 15 is 0 Å². The average Bonchev–Trinajstić information content (AvgIpc) is 3.24. The van der Waals surface area contributed by atoms with E-state index in [1.54, 1.807) is 49.4 Å². The van der Waals surface area contributed by atoms with Gasteiger partial charge in [-0.3, -0.25) is 19.3 Å². The van der Waals surface area contributed by atoms with Crippen LogP contribution in [0.15, 0.2) is 78.2 Å². The summed E-state index contributed by atoms with van der Waals surface area (Å²) in [5.41, 5.74) is 1.31. The lowest BCUT2D eigenvalue weighted by Crippen LogP contribution is -2.36. The Labute approximate surface area is 255 Å². The van der Waals surface area contributed by atoms with Crippen molar-refractivity contribution >= 4 is 40.6 Å². The molecule has 1 N–H and O–H groups in total. The quantitative estimate of drug-likeness (QED) is 0.182. The number of carbonyl (C=O) groups is 3. The van der Waals surface area contributed by atoms with Crippen molar-refractivity contribution in [2.75, 3.05) is 18.5 Å². The highest BCUT2D eigenvalue weighted by Crippen LogP contribution is 2.38. The van der Waals surface area contributed by atoms with Gasteiger partial charge in [0.15, 0.2) is 11.5 Å². The van der Waals surface area contributed by atoms with Gasteiger partial charge in [-0.25, -0.2) is 0 Å². The van der Waals surface area contributed by atoms with Crippen LogP contribution in [-0.2, 0) is 28.8 Å². The van der Waals surface area contributed by atoms with Crippen molar-refractivity contribution in [3.63, 3.8) is 0 Å². The second-order valence-electron chi connectivity index (χ2n) is 9.39. The molecule has 0 saturated carbocycles. The molecule has 12 heteroatoms. The summed E-state index contributed by atoms with van der Waals surface area (Å²) in [5.74, 6) is -0.738. The minimum absolute atomic E-state index is 0.0467. The Bertz CT molecular complexity index is 1680. The number of benzene rings is 3. The van der Waals surface area contributed by atoms with Gasteiger partial charge in [0.05, 0.1) is 28.7 Å². The molecule has 0 spiro atoms. The summed E-state index contributed by atoms with van der Waals surface area (Å²) in [7, 11) is 0. The van der Waals surface area contributed by atoms with Gasteiger partial charge >= 0.3 is 6.18 Å². The number of alkyl halides is 3. The predicted molar refractivity (Wildman–Crippen MR) is 160 cm³/mol. The average molecular weight is 622 g/mol. The first kappa shape index (κ1) is 31.9. The maximum atomic E-state index is 13.1. The Morgan fingerprint density at radius 2 is 1.86 bits per heavy atom. The molecule has 8 nitrogen and oxygen atoms in total. The van der Waals surface area contributed by atoms with Gasteiger partial charge in [0.2, 0.25) is 5.91 Å². The summed E-state index contributed by atoms with van der Waals surface area (Å²) in [6.45, 7) is 5.33. The van der Waals surface area contributed by atoms with Crippen LogP contribution in [0, 0.1) is 11.3 Å². The molecule has 0 aliphatic carbocycles. The molecule has 1 fully saturated rings. The molecule has 3 aromatic rings. The maximum Gasteiger partial charge on any atom is 0.416 e. The lowest BCUT2D eigenvalue weighted by Gasteiger charge is -2.17. The first-order chi connectivity index (χ1) is 21.0. The van der Waals surface area contributed by atoms with Crippen LogP contribution < -0.4 is 14.8 Å². The summed E-state index contributed by atoms with van der Waals surface area (Å²) in [5, 5.41) is 11.0. The molecule has 0 radical (unpaired) electrons. The minimum atomic E-state index is -4.60. The second-order valence-corrected chi connectivity index (χ2v) is 10.4. The summed E-state index contributed by atoms with van der Waals surface area (Å²) in [6, 6.07) is 16.6. The van der Waals surface area contributed by atoms with Crippen molar-refractivity contribution < 1.29 is 37.0 Å². The zero-order valence-corrected chi connectivity index (χ0v) is 24.3. The number of nitriles is 1. The minimum Gasteiger partial charge on any atom is -0.490 e. The third kappa shape index (κ3) is 7.67. The molecule has 226 valence electrons. The first-order valence-corrected chi connectivity index (χ1v) is 14.1. The number of nitrogens with zero attached hydrogens (tertiary/aromatic N) is 2. The van der Waals surface area contributed by atoms with E-state index in [9.17, 15) is 32.8 Å². The van der Waals surface area contributed by atoms with E-state index in [4.69, 9.17) is 9.47 Å². The molecule has 0 aromatic heterocycles. The summed E-state index contributed by atoms with van der Waals surface area (Å²) in [6.07, 6.45) is -1.06. The fraction of sp³-hybridized carbons (Fsp3) is 0.188. The number of amides is 3. The lowest BCUT2D eigenvalue weighted by molar-refractivity contribution is -0.137. The van der Waals surface area contributed by atoms with Crippen LogP contribution in [0.5, 0.6) is 11.5 Å². The molecule has 1 heterocycles. The summed E-state index contributed by atoms with van der Waals surface area (Å²) in [4.78, 5) is 39.0. The Morgan fingerprint density at radius 1 is 1.09 bits per heavy atom. The number of nitrogens with one attached hydrogen (secondary N) is 1. The molecule has 0 unspecified atom stereocenters. The van der Waals surface area contributed by atoms with Gasteiger partial charge in [0.1, 0.15) is 13.2 Å². The number of thioether (sulfide) groups is 1. The Hall–Kier alpha value is -5.02. The van der Waals surface area contributed by atoms with E-state index in [-0.39, 0.29) is 17.2 Å². The summed E-state index contributed by atoms with van der Waals surface area (Å²) < 4.78 is 51.0. The van der Waals surface area contributed by atoms with Gasteiger partial charge in [0, 0.05) is 16.8 Å². The van der Waals surface area contributed by atoms with Crippen LogP contribution in [0.3, 0.4) is 0 Å². The molecule has 44 heavy (non-hydrogen) atoms. The van der Waals surface area contributed by atoms with Crippen LogP contribution in [-0.4, -0.2) is 35.1 Å². The smallest absolute Gasteiger partial charge is 0.416 e. The Morgan fingerprint density at radius 3 is 2.57 bits per heavy atom. The largest absolute Gasteiger partial charge is 0.490 e. The molecule has 1 aliphatic heterocycles. The van der Waals surface area contributed by atoms with Gasteiger partial charge in [0.25, 0.3) is 11.1 Å². The van der Waals surface area contributed by atoms with Crippen molar-refractivity contribution in [2.24, 2.45) is 0 Å². The monoisotopic (exact) mass is 621 g/mol. The number of imide groups is 1. The number of anilines is 1. The highest BCUT2D eigenvalue weighted by atomic mass is 32.2. The van der Waals surface area contributed by atoms with Crippen LogP contribution in [0.4, 0.5) is 23.7 Å². The highest BCUT2D eigenvalue weighted by molar-refractivity contribution is 8.18. The van der Waals surface area contributed by atoms with Crippen molar-refractivity contribution in [2.45, 2.75) is 26.1 Å². The zero-order chi connectivity index (χ0) is 31.9. The summed E-state index contributed by atoms with van der Waals surface area (Å²) >= 11 is 0.632. The van der Waals surface area contributed by atoms with Gasteiger partial charge < -0.3 is 14.8 Å². The molecule has 4 rings (SSSR count). The van der Waals surface area contributed by atoms with Gasteiger partial charge in [-0.2, -0.15) is 18.4 Å². The van der Waals surface area contributed by atoms with Gasteiger partial charge in [-0.05, 0) is 73.1 Å². The van der Waals surface area contributed by atoms with Crippen molar-refractivity contribution in [3.05, 3.63) is 106 Å². The van der Waals surface area contributed by atoms with Gasteiger partial charge in [-0.1, -0.05) is 30.3 Å². The SMILES string of the molecule is C=CCc1cc(/C=C2\SC(=O)N(CC(=O)Nc3cccc(C(F)(F)F)c3)C2=O)cc(OCC)c1OCc1ccccc1C#N. The Kier molecular flexibility index (Phi) is 10.1. The molecule has 1 aliphatic rings. The van der Waals surface area contributed by atoms with E-state index in [1.165, 1.54) is 12.1 Å². The van der Waals surface area contributed by atoms with Crippen LogP contribution in [0.25, 0.3) is 6.08 Å². The Balaban J connectivity index is 1.54. The molecular formula is C32H26F3N3O5S. The third-order valence-corrected chi connectivity index (χ3v) is 7.18. The van der Waals surface area contributed by atoms with Gasteiger partial charge in [-0.15, -0.1) is 6.58 Å². The molecular weight excluding hydrogens is 595 g/mol. The van der Waals surface area contributed by atoms with Crippen LogP contribution in [0.1, 0.15) is 34.7 Å². The molecule has 0 bridgehead atoms. The molecule has 3 amide bonds. The van der Waals surface area contributed by atoms with Crippen molar-refractivity contribution in [1.29, 1.82) is 5.26 Å². The highest BCUT2D eigenvalue weighted by Gasteiger charge is 2.36. The normalized spacial score (nSPS) is 14.0. The van der Waals surface area contributed by atoms with E-state index in [2.05, 4.69) is 18.0 Å². The van der Waals surface area contributed by atoms with Crippen molar-refractivity contribution in [3.8, 4) is 17.6 Å². The molecule has 1 saturated heterocycles. The van der Waals surface area contributed by atoms with E-state index in [0.717, 1.165) is 23.1 Å². The van der Waals surface area contributed by atoms with E-state index in [1.807, 2.05) is 0 Å². The van der Waals surface area contributed by atoms with Crippen molar-refractivity contribution in [1.82, 2.24) is 4.90 Å². The van der Waals surface area contributed by atoms with E-state index < -0.39 is 35.3 Å². The fourth-order valence-corrected chi connectivity index (χ4v) is 5.15. The molecule has 0 atom stereocenters. The zero-order valence-electron chi connectivity index (χ0n) is 23.4. The lowest BCUT2D eigenvalue weighted by atomic mass is 10.0. The van der Waals surface area contributed by atoms with E-state index in [0.29, 0.717) is 58.5 Å². The maximum absolute atomic E-state index is 13.1. The standard InChI is InChI=1S/C32H26F3N3O5S/c1-3-8-21-13-20(14-26(42-4-2)29(21)43-19-23-10-6-5-9-22(23)17-36)15-27-30(40)38(31(41)44-27)18-28(39)37-25-12-7-11-24(16-25)32(33,34)35/h3,5-7,9-16H,1,4,8,18-19H2,2H3,(H,37,39)/b27-15-. The first-order valence-electron chi connectivity index (χ1n) is 13.3. The number of allylic oxidation sites excluding steroid dienone is 1. The fourth-order valence-electron chi connectivity index (χ4n) is 4.31. The number of rotatable bonds is 11. The topological polar surface area (TPSA) is 109 Å². The second kappa shape index (κ2) is 14.0. The number of hydrogen-bond donors (Lipinski definition) is 1. The molecule has 3 aromatic carbocycles. The number of hydrogen-bond acceptors (Lipinski definition) is 7. The predicted octanol–water partition coefficient (Wildman–Crippen LogP) is 6.96. The third-order valence-electron chi connectivity index (χ3n) is 6.27. The number of carbonyl (C=O) groups excluding carboxylic acids is 3. The number of halogens is 3. The number of ether oxygens (including phenoxy) is 2. The van der Waals surface area contributed by atoms with Crippen LogP contribution >= 0.6 is 11.8 Å². The van der Waals surface area contributed by atoms with Crippen LogP contribution in [0.2, 0.25) is 0 Å².